The Labute approximate surface area is 54.7 Å². The van der Waals surface area contributed by atoms with Crippen LogP contribution in [-0.4, -0.2) is 5.11 Å². The van der Waals surface area contributed by atoms with Crippen molar-refractivity contribution >= 4 is 0 Å². The Morgan fingerprint density at radius 3 is 2.78 bits per heavy atom. The van der Waals surface area contributed by atoms with E-state index in [4.69, 9.17) is 10.8 Å². The van der Waals surface area contributed by atoms with Gasteiger partial charge in [0, 0.05) is 0 Å². The van der Waals surface area contributed by atoms with Crippen LogP contribution >= 0.6 is 0 Å². The number of hydrogen-bond acceptors (Lipinski definition) is 2. The minimum atomic E-state index is 0.279. The van der Waals surface area contributed by atoms with Gasteiger partial charge in [0.1, 0.15) is 5.76 Å². The lowest BCUT2D eigenvalue weighted by Crippen LogP contribution is -2.06. The highest BCUT2D eigenvalue weighted by atomic mass is 16.3. The molecule has 3 N–H and O–H groups in total. The Morgan fingerprint density at radius 2 is 2.33 bits per heavy atom. The number of allylic oxidation sites excluding steroid dienone is 2. The van der Waals surface area contributed by atoms with E-state index in [1.807, 2.05) is 13.0 Å². The van der Waals surface area contributed by atoms with E-state index in [-0.39, 0.29) is 5.76 Å². The first kappa shape index (κ1) is 6.20. The SMILES string of the molecule is CC1=C(O)C(N)=CCC1. The monoisotopic (exact) mass is 125 g/mol. The van der Waals surface area contributed by atoms with Crippen LogP contribution in [-0.2, 0) is 0 Å². The number of aliphatic hydroxyl groups is 1. The highest BCUT2D eigenvalue weighted by Gasteiger charge is 2.07. The first-order valence-electron chi connectivity index (χ1n) is 3.06. The number of nitrogens with two attached hydrogens (primary N) is 1. The molecule has 1 aliphatic rings. The van der Waals surface area contributed by atoms with Gasteiger partial charge in [-0.25, -0.2) is 0 Å². The van der Waals surface area contributed by atoms with Crippen LogP contribution in [0.15, 0.2) is 23.1 Å². The second kappa shape index (κ2) is 2.13. The van der Waals surface area contributed by atoms with Crippen LogP contribution in [0.3, 0.4) is 0 Å². The molecule has 9 heavy (non-hydrogen) atoms. The van der Waals surface area contributed by atoms with Crippen molar-refractivity contribution in [3.05, 3.63) is 23.1 Å². The van der Waals surface area contributed by atoms with Crippen LogP contribution in [0.5, 0.6) is 0 Å². The van der Waals surface area contributed by atoms with Crippen molar-refractivity contribution in [3.63, 3.8) is 0 Å². The molecule has 0 radical (unpaired) electrons. The Balaban J connectivity index is 2.88. The summed E-state index contributed by atoms with van der Waals surface area (Å²) in [5.41, 5.74) is 6.94. The summed E-state index contributed by atoms with van der Waals surface area (Å²) in [7, 11) is 0. The number of rotatable bonds is 0. The minimum Gasteiger partial charge on any atom is -0.506 e. The fourth-order valence-electron chi connectivity index (χ4n) is 0.906. The van der Waals surface area contributed by atoms with Gasteiger partial charge in [0.2, 0.25) is 0 Å². The molecule has 0 atom stereocenters. The topological polar surface area (TPSA) is 46.2 Å². The normalized spacial score (nSPS) is 19.9. The van der Waals surface area contributed by atoms with Crippen molar-refractivity contribution in [2.75, 3.05) is 0 Å². The fourth-order valence-corrected chi connectivity index (χ4v) is 0.906. The summed E-state index contributed by atoms with van der Waals surface area (Å²) in [5.74, 6) is 0.279. The molecule has 0 fully saturated rings. The van der Waals surface area contributed by atoms with E-state index < -0.39 is 0 Å². The molecule has 0 aromatic carbocycles. The zero-order valence-corrected chi connectivity index (χ0v) is 5.52. The first-order chi connectivity index (χ1) is 4.22. The summed E-state index contributed by atoms with van der Waals surface area (Å²) in [6.45, 7) is 1.90. The largest absolute Gasteiger partial charge is 0.506 e. The van der Waals surface area contributed by atoms with E-state index >= 15 is 0 Å². The van der Waals surface area contributed by atoms with Crippen molar-refractivity contribution in [1.29, 1.82) is 0 Å². The maximum absolute atomic E-state index is 9.13. The van der Waals surface area contributed by atoms with Gasteiger partial charge in [-0.1, -0.05) is 6.08 Å². The van der Waals surface area contributed by atoms with Gasteiger partial charge in [0.05, 0.1) is 5.70 Å². The number of hydrogen-bond donors (Lipinski definition) is 2. The average Bonchev–Trinajstić information content (AvgIpc) is 1.83. The predicted molar refractivity (Wildman–Crippen MR) is 36.8 cm³/mol. The third kappa shape index (κ3) is 1.07. The second-order valence-electron chi connectivity index (χ2n) is 2.33. The second-order valence-corrected chi connectivity index (χ2v) is 2.33. The molecule has 1 aliphatic carbocycles. The van der Waals surface area contributed by atoms with E-state index in [1.165, 1.54) is 0 Å². The Bertz CT molecular complexity index is 179. The molecule has 0 saturated heterocycles. The van der Waals surface area contributed by atoms with Crippen molar-refractivity contribution in [2.45, 2.75) is 19.8 Å². The molecule has 0 saturated carbocycles. The molecule has 0 spiro atoms. The Morgan fingerprint density at radius 1 is 1.67 bits per heavy atom. The Kier molecular flexibility index (Phi) is 1.47. The summed E-state index contributed by atoms with van der Waals surface area (Å²) in [5, 5.41) is 9.13. The van der Waals surface area contributed by atoms with Crippen LogP contribution in [0, 0.1) is 0 Å². The van der Waals surface area contributed by atoms with Crippen LogP contribution in [0.25, 0.3) is 0 Å². The van der Waals surface area contributed by atoms with E-state index in [0.29, 0.717) is 5.70 Å². The lowest BCUT2D eigenvalue weighted by Gasteiger charge is -2.10. The minimum absolute atomic E-state index is 0.279. The molecule has 2 nitrogen and oxygen atoms in total. The highest BCUT2D eigenvalue weighted by Crippen LogP contribution is 2.18. The van der Waals surface area contributed by atoms with E-state index in [0.717, 1.165) is 18.4 Å². The maximum Gasteiger partial charge on any atom is 0.137 e. The molecule has 0 aliphatic heterocycles. The molecule has 50 valence electrons. The third-order valence-electron chi connectivity index (χ3n) is 1.56. The molecule has 1 rings (SSSR count). The molecule has 0 aromatic rings. The molecule has 2 heteroatoms. The van der Waals surface area contributed by atoms with Gasteiger partial charge >= 0.3 is 0 Å². The van der Waals surface area contributed by atoms with E-state index in [2.05, 4.69) is 0 Å². The highest BCUT2D eigenvalue weighted by molar-refractivity contribution is 5.29. The van der Waals surface area contributed by atoms with E-state index in [1.54, 1.807) is 0 Å². The van der Waals surface area contributed by atoms with Gasteiger partial charge in [-0.05, 0) is 25.3 Å². The van der Waals surface area contributed by atoms with Crippen LogP contribution in [0.4, 0.5) is 0 Å². The van der Waals surface area contributed by atoms with Crippen LogP contribution in [0.2, 0.25) is 0 Å². The van der Waals surface area contributed by atoms with Gasteiger partial charge in [0.25, 0.3) is 0 Å². The summed E-state index contributed by atoms with van der Waals surface area (Å²) in [6.07, 6.45) is 3.75. The van der Waals surface area contributed by atoms with Crippen LogP contribution < -0.4 is 5.73 Å². The quantitative estimate of drug-likeness (QED) is 0.514. The molecule has 0 heterocycles. The van der Waals surface area contributed by atoms with E-state index in [9.17, 15) is 0 Å². The standard InChI is InChI=1S/C7H11NO/c1-5-3-2-4-6(8)7(5)9/h4,9H,2-3,8H2,1H3. The molecule has 0 amide bonds. The summed E-state index contributed by atoms with van der Waals surface area (Å²) in [6, 6.07) is 0. The van der Waals surface area contributed by atoms with Crippen molar-refractivity contribution in [1.82, 2.24) is 0 Å². The summed E-state index contributed by atoms with van der Waals surface area (Å²) >= 11 is 0. The van der Waals surface area contributed by atoms with Gasteiger partial charge < -0.3 is 10.8 Å². The average molecular weight is 125 g/mol. The molecule has 0 aromatic heterocycles. The number of aliphatic hydroxyl groups excluding tert-OH is 1. The molecular formula is C7H11NO. The van der Waals surface area contributed by atoms with Crippen molar-refractivity contribution in [3.8, 4) is 0 Å². The fraction of sp³-hybridized carbons (Fsp3) is 0.429. The summed E-state index contributed by atoms with van der Waals surface area (Å²) < 4.78 is 0. The lowest BCUT2D eigenvalue weighted by molar-refractivity contribution is 0.408. The Hall–Kier alpha value is -0.920. The smallest absolute Gasteiger partial charge is 0.137 e. The maximum atomic E-state index is 9.13. The van der Waals surface area contributed by atoms with Gasteiger partial charge in [-0.15, -0.1) is 0 Å². The lowest BCUT2D eigenvalue weighted by atomic mass is 10.0. The van der Waals surface area contributed by atoms with Gasteiger partial charge in [-0.3, -0.25) is 0 Å². The summed E-state index contributed by atoms with van der Waals surface area (Å²) in [4.78, 5) is 0. The molecule has 0 bridgehead atoms. The molecule has 0 unspecified atom stereocenters. The van der Waals surface area contributed by atoms with Crippen molar-refractivity contribution < 1.29 is 5.11 Å². The van der Waals surface area contributed by atoms with Crippen molar-refractivity contribution in [2.24, 2.45) is 5.73 Å². The molecular weight excluding hydrogens is 114 g/mol. The van der Waals surface area contributed by atoms with Gasteiger partial charge in [0.15, 0.2) is 0 Å². The van der Waals surface area contributed by atoms with Gasteiger partial charge in [-0.2, -0.15) is 0 Å². The third-order valence-corrected chi connectivity index (χ3v) is 1.56. The first-order valence-corrected chi connectivity index (χ1v) is 3.06. The van der Waals surface area contributed by atoms with Crippen LogP contribution in [0.1, 0.15) is 19.8 Å². The zero-order chi connectivity index (χ0) is 6.85. The predicted octanol–water partition coefficient (Wildman–Crippen LogP) is 1.45. The zero-order valence-electron chi connectivity index (χ0n) is 5.52.